The molecule has 2 aromatic heterocycles. The summed E-state index contributed by atoms with van der Waals surface area (Å²) in [4.78, 5) is 27.5. The maximum Gasteiger partial charge on any atom is 0.375 e. The summed E-state index contributed by atoms with van der Waals surface area (Å²) >= 11 is 0.860. The Morgan fingerprint density at radius 2 is 2.02 bits per heavy atom. The molecule has 7 atom stereocenters. The van der Waals surface area contributed by atoms with Gasteiger partial charge in [-0.15, -0.1) is 0 Å². The number of halogens is 2. The fourth-order valence-electron chi connectivity index (χ4n) is 10.4. The highest BCUT2D eigenvalue weighted by Crippen LogP contribution is 2.74. The SMILES string of the molecule is CC[C@@]12CCC3=Cc4c(cnn4-c4cc(F)cc(F)c4)C[C@]3(C)[C@H]1[C@@H](O)C[C@@]1(C)[C@H]2CC[C@]1(OC(=O)c1ccco1)C(=O)SCC#N.[HH]. The monoisotopic (exact) mass is 663 g/mol. The van der Waals surface area contributed by atoms with Crippen molar-refractivity contribution in [2.45, 2.75) is 77.4 Å². The standard InChI is InChI=1S/C36H37F2N3O5S.H2/c1-4-35-9-7-22-14-26-21(20-40-41(26)25-16-23(37)15-24(38)17-25)18-33(22,2)30(35)27(42)19-34(3)29(35)8-10-36(34,32(44)47-13-11-39)46-31(43)28-6-5-12-45-28;/h5-6,12,14-17,20,27,29-30,42H,4,7-10,13,18-19H2,1-3H3;1H/t27-,29+,30+,33-,34-,35-,36-;/m0./s1. The van der Waals surface area contributed by atoms with Crippen LogP contribution in [-0.2, 0) is 16.0 Å². The Bertz CT molecular complexity index is 1820. The van der Waals surface area contributed by atoms with Crippen molar-refractivity contribution < 1.29 is 34.1 Å². The van der Waals surface area contributed by atoms with E-state index in [1.807, 2.05) is 13.0 Å². The number of hydrogen-bond donors (Lipinski definition) is 1. The van der Waals surface area contributed by atoms with Crippen molar-refractivity contribution in [1.82, 2.24) is 9.78 Å². The van der Waals surface area contributed by atoms with Crippen LogP contribution in [0.3, 0.4) is 0 Å². The van der Waals surface area contributed by atoms with Gasteiger partial charge in [-0.2, -0.15) is 10.4 Å². The number of furan rings is 1. The van der Waals surface area contributed by atoms with Crippen molar-refractivity contribution >= 4 is 28.9 Å². The van der Waals surface area contributed by atoms with Crippen LogP contribution in [0.5, 0.6) is 0 Å². The molecular formula is C36H39F2N3O5S. The highest BCUT2D eigenvalue weighted by Gasteiger charge is 2.74. The first-order valence-corrected chi connectivity index (χ1v) is 17.1. The van der Waals surface area contributed by atoms with E-state index in [0.29, 0.717) is 24.9 Å². The number of carbonyl (C=O) groups is 2. The minimum Gasteiger partial charge on any atom is -0.457 e. The number of ether oxygens (including phenoxy) is 1. The van der Waals surface area contributed by atoms with Crippen molar-refractivity contribution in [3.05, 3.63) is 77.0 Å². The lowest BCUT2D eigenvalue weighted by molar-refractivity contribution is -0.209. The molecule has 0 spiro atoms. The average Bonchev–Trinajstić information content (AvgIpc) is 3.76. The molecule has 0 unspecified atom stereocenters. The lowest BCUT2D eigenvalue weighted by atomic mass is 9.39. The molecule has 0 aliphatic heterocycles. The number of hydrogen-bond acceptors (Lipinski definition) is 8. The van der Waals surface area contributed by atoms with Crippen molar-refractivity contribution in [2.75, 3.05) is 5.75 Å². The molecule has 4 aliphatic rings. The Morgan fingerprint density at radius 1 is 1.26 bits per heavy atom. The predicted octanol–water partition coefficient (Wildman–Crippen LogP) is 7.30. The molecule has 0 amide bonds. The molecule has 1 N–H and O–H groups in total. The van der Waals surface area contributed by atoms with Crippen LogP contribution in [0, 0.1) is 51.0 Å². The van der Waals surface area contributed by atoms with E-state index < -0.39 is 40.1 Å². The zero-order valence-electron chi connectivity index (χ0n) is 26.6. The van der Waals surface area contributed by atoms with Crippen molar-refractivity contribution in [1.29, 1.82) is 5.26 Å². The van der Waals surface area contributed by atoms with Crippen LogP contribution in [-0.4, -0.2) is 43.4 Å². The first-order chi connectivity index (χ1) is 22.4. The van der Waals surface area contributed by atoms with Crippen LogP contribution in [0.4, 0.5) is 8.78 Å². The van der Waals surface area contributed by atoms with Crippen LogP contribution >= 0.6 is 11.8 Å². The van der Waals surface area contributed by atoms with Gasteiger partial charge < -0.3 is 14.3 Å². The average molecular weight is 664 g/mol. The normalized spacial score (nSPS) is 33.9. The molecule has 8 nitrogen and oxygen atoms in total. The van der Waals surface area contributed by atoms with Gasteiger partial charge in [-0.25, -0.2) is 18.3 Å². The van der Waals surface area contributed by atoms with Crippen LogP contribution in [0.25, 0.3) is 11.8 Å². The number of nitriles is 1. The van der Waals surface area contributed by atoms with Crippen LogP contribution in [0.1, 0.15) is 82.5 Å². The number of benzene rings is 1. The lowest BCUT2D eigenvalue weighted by Gasteiger charge is -2.66. The zero-order valence-corrected chi connectivity index (χ0v) is 27.4. The van der Waals surface area contributed by atoms with Crippen LogP contribution < -0.4 is 0 Å². The van der Waals surface area contributed by atoms with E-state index in [2.05, 4.69) is 25.0 Å². The Labute approximate surface area is 277 Å². The van der Waals surface area contributed by atoms with Gasteiger partial charge in [0.15, 0.2) is 5.60 Å². The highest BCUT2D eigenvalue weighted by atomic mass is 32.2. The number of esters is 1. The summed E-state index contributed by atoms with van der Waals surface area (Å²) in [6.45, 7) is 6.33. The molecular weight excluding hydrogens is 624 g/mol. The van der Waals surface area contributed by atoms with Crippen LogP contribution in [0.2, 0.25) is 0 Å². The van der Waals surface area contributed by atoms with Crippen molar-refractivity contribution in [2.24, 2.45) is 28.1 Å². The van der Waals surface area contributed by atoms with E-state index in [0.717, 1.165) is 53.9 Å². The molecule has 3 fully saturated rings. The van der Waals surface area contributed by atoms with Gasteiger partial charge in [-0.05, 0) is 97.6 Å². The third-order valence-electron chi connectivity index (χ3n) is 12.2. The maximum atomic E-state index is 14.1. The summed E-state index contributed by atoms with van der Waals surface area (Å²) in [6.07, 6.45) is 8.38. The number of aromatic nitrogens is 2. The van der Waals surface area contributed by atoms with Gasteiger partial charge in [-0.3, -0.25) is 4.79 Å². The number of rotatable bonds is 6. The van der Waals surface area contributed by atoms with Gasteiger partial charge >= 0.3 is 5.97 Å². The highest BCUT2D eigenvalue weighted by molar-refractivity contribution is 8.14. The third-order valence-corrected chi connectivity index (χ3v) is 13.0. The topological polar surface area (TPSA) is 118 Å². The van der Waals surface area contributed by atoms with Gasteiger partial charge in [0.1, 0.15) is 11.6 Å². The molecule has 0 saturated heterocycles. The predicted molar refractivity (Wildman–Crippen MR) is 172 cm³/mol. The molecule has 2 heterocycles. The quantitative estimate of drug-likeness (QED) is 0.273. The molecule has 4 aliphatic carbocycles. The first-order valence-electron chi connectivity index (χ1n) is 16.2. The van der Waals surface area contributed by atoms with Gasteiger partial charge in [-0.1, -0.05) is 38.1 Å². The first kappa shape index (κ1) is 31.8. The van der Waals surface area contributed by atoms with Gasteiger partial charge in [0.05, 0.1) is 41.8 Å². The number of carbonyl (C=O) groups excluding carboxylic acids is 2. The van der Waals surface area contributed by atoms with Gasteiger partial charge in [0.2, 0.25) is 10.9 Å². The van der Waals surface area contributed by atoms with Gasteiger partial charge in [0, 0.05) is 18.8 Å². The number of nitrogens with zero attached hydrogens (tertiary/aromatic N) is 3. The number of aliphatic hydroxyl groups is 1. The Morgan fingerprint density at radius 3 is 2.70 bits per heavy atom. The molecule has 0 radical (unpaired) electrons. The van der Waals surface area contributed by atoms with E-state index in [1.54, 1.807) is 16.9 Å². The molecule has 248 valence electrons. The summed E-state index contributed by atoms with van der Waals surface area (Å²) < 4.78 is 41.4. The largest absolute Gasteiger partial charge is 0.457 e. The fourth-order valence-corrected chi connectivity index (χ4v) is 11.2. The second kappa shape index (κ2) is 11.2. The number of fused-ring (bicyclic) bond motifs is 6. The molecule has 1 aromatic carbocycles. The third kappa shape index (κ3) is 4.51. The lowest BCUT2D eigenvalue weighted by Crippen LogP contribution is -2.66. The minimum absolute atomic E-state index is 0. The molecule has 0 bridgehead atoms. The summed E-state index contributed by atoms with van der Waals surface area (Å²) in [5.41, 5.74) is -0.0814. The number of allylic oxidation sites excluding steroid dienone is 1. The maximum absolute atomic E-state index is 14.1. The van der Waals surface area contributed by atoms with Crippen LogP contribution in [0.15, 0.2) is 52.8 Å². The fraction of sp³-hybridized carbons (Fsp3) is 0.500. The van der Waals surface area contributed by atoms with E-state index in [-0.39, 0.29) is 41.7 Å². The van der Waals surface area contributed by atoms with E-state index in [4.69, 9.17) is 9.15 Å². The smallest absolute Gasteiger partial charge is 0.375 e. The summed E-state index contributed by atoms with van der Waals surface area (Å²) in [5.74, 6) is -2.39. The Hall–Kier alpha value is -3.75. The second-order valence-corrected chi connectivity index (χ2v) is 15.1. The van der Waals surface area contributed by atoms with Gasteiger partial charge in [0.25, 0.3) is 0 Å². The zero-order chi connectivity index (χ0) is 33.4. The Balaban J connectivity index is 0.00000401. The van der Waals surface area contributed by atoms with Crippen molar-refractivity contribution in [3.8, 4) is 11.8 Å². The number of aliphatic hydroxyl groups excluding tert-OH is 1. The summed E-state index contributed by atoms with van der Waals surface area (Å²) in [7, 11) is 0. The van der Waals surface area contributed by atoms with E-state index in [9.17, 15) is 28.7 Å². The number of thioether (sulfide) groups is 1. The molecule has 11 heteroatoms. The minimum atomic E-state index is -1.55. The Kier molecular flexibility index (Phi) is 7.56. The van der Waals surface area contributed by atoms with E-state index >= 15 is 0 Å². The molecule has 47 heavy (non-hydrogen) atoms. The molecule has 3 aromatic rings. The van der Waals surface area contributed by atoms with Crippen molar-refractivity contribution in [3.63, 3.8) is 0 Å². The summed E-state index contributed by atoms with van der Waals surface area (Å²) in [6, 6.07) is 8.46. The van der Waals surface area contributed by atoms with E-state index in [1.165, 1.54) is 24.5 Å². The molecule has 7 rings (SSSR count). The second-order valence-electron chi connectivity index (χ2n) is 14.1. The molecule has 3 saturated carbocycles. The summed E-state index contributed by atoms with van der Waals surface area (Å²) in [5, 5.41) is 25.8.